The lowest BCUT2D eigenvalue weighted by Crippen LogP contribution is -2.27. The van der Waals surface area contributed by atoms with Crippen molar-refractivity contribution in [3.63, 3.8) is 0 Å². The topological polar surface area (TPSA) is 57.6 Å². The van der Waals surface area contributed by atoms with Crippen LogP contribution in [0.5, 0.6) is 0 Å². The zero-order valence-corrected chi connectivity index (χ0v) is 17.7. The molecule has 0 spiro atoms. The molecule has 0 atom stereocenters. The van der Waals surface area contributed by atoms with Crippen LogP contribution in [0.1, 0.15) is 15.9 Å². The Balaban J connectivity index is 1.62. The Labute approximate surface area is 187 Å². The van der Waals surface area contributed by atoms with Gasteiger partial charge in [0.1, 0.15) is 0 Å². The summed E-state index contributed by atoms with van der Waals surface area (Å²) in [6, 6.07) is 24.5. The van der Waals surface area contributed by atoms with Gasteiger partial charge in [-0.1, -0.05) is 72.5 Å². The van der Waals surface area contributed by atoms with Gasteiger partial charge in [-0.15, -0.1) is 0 Å². The summed E-state index contributed by atoms with van der Waals surface area (Å²) in [7, 11) is 0. The number of thioether (sulfide) groups is 1. The van der Waals surface area contributed by atoms with Gasteiger partial charge in [0.25, 0.3) is 5.91 Å². The Kier molecular flexibility index (Phi) is 4.81. The van der Waals surface area contributed by atoms with Crippen LogP contribution in [-0.4, -0.2) is 21.3 Å². The number of carboxylic acids is 1. The molecule has 0 saturated carbocycles. The van der Waals surface area contributed by atoms with E-state index < -0.39 is 5.97 Å². The van der Waals surface area contributed by atoms with Crippen LogP contribution in [0.25, 0.3) is 27.6 Å². The lowest BCUT2D eigenvalue weighted by atomic mass is 9.96. The van der Waals surface area contributed by atoms with E-state index in [-0.39, 0.29) is 11.5 Å². The molecule has 150 valence electrons. The zero-order valence-electron chi connectivity index (χ0n) is 16.1. The molecule has 0 aliphatic carbocycles. The van der Waals surface area contributed by atoms with Crippen molar-refractivity contribution in [2.75, 3.05) is 4.90 Å². The van der Waals surface area contributed by atoms with E-state index >= 15 is 0 Å². The standard InChI is InChI=1S/C25H15NO3S2/c27-23-22(31-25(30)26(23)18-11-9-15(10-12-18)24(28)29)14-21-19-7-3-1-5-16(19)13-17-6-2-4-8-20(17)21/h1-14H,(H,28,29)/b22-14+. The monoisotopic (exact) mass is 441 g/mol. The van der Waals surface area contributed by atoms with E-state index in [2.05, 4.69) is 30.3 Å². The van der Waals surface area contributed by atoms with E-state index in [1.54, 1.807) is 12.1 Å². The molecule has 5 rings (SSSR count). The number of nitrogens with zero attached hydrogens (tertiary/aromatic N) is 1. The zero-order chi connectivity index (χ0) is 21.5. The first-order valence-electron chi connectivity index (χ1n) is 9.55. The summed E-state index contributed by atoms with van der Waals surface area (Å²) in [6.45, 7) is 0. The molecule has 4 aromatic rings. The molecule has 0 radical (unpaired) electrons. The first-order valence-corrected chi connectivity index (χ1v) is 10.8. The molecule has 1 amide bonds. The van der Waals surface area contributed by atoms with Gasteiger partial charge in [0.15, 0.2) is 4.32 Å². The minimum atomic E-state index is -1.01. The largest absolute Gasteiger partial charge is 0.478 e. The molecule has 1 aliphatic heterocycles. The van der Waals surface area contributed by atoms with Crippen LogP contribution < -0.4 is 4.90 Å². The van der Waals surface area contributed by atoms with Crippen LogP contribution in [0.15, 0.2) is 83.8 Å². The third-order valence-corrected chi connectivity index (χ3v) is 6.56. The minimum absolute atomic E-state index is 0.159. The highest BCUT2D eigenvalue weighted by atomic mass is 32.2. The summed E-state index contributed by atoms with van der Waals surface area (Å²) >= 11 is 6.73. The highest BCUT2D eigenvalue weighted by Gasteiger charge is 2.33. The number of hydrogen-bond acceptors (Lipinski definition) is 4. The Bertz CT molecular complexity index is 1370. The summed E-state index contributed by atoms with van der Waals surface area (Å²) in [5.41, 5.74) is 1.70. The van der Waals surface area contributed by atoms with E-state index in [1.165, 1.54) is 28.8 Å². The molecular weight excluding hydrogens is 426 g/mol. The molecular formula is C25H15NO3S2. The Hall–Kier alpha value is -3.48. The maximum atomic E-state index is 13.2. The molecule has 1 saturated heterocycles. The normalized spacial score (nSPS) is 15.4. The number of thiocarbonyl (C=S) groups is 1. The van der Waals surface area contributed by atoms with Crippen LogP contribution in [0.3, 0.4) is 0 Å². The fourth-order valence-corrected chi connectivity index (χ4v) is 5.06. The summed E-state index contributed by atoms with van der Waals surface area (Å²) < 4.78 is 0.420. The second-order valence-electron chi connectivity index (χ2n) is 7.10. The summed E-state index contributed by atoms with van der Waals surface area (Å²) in [4.78, 5) is 26.3. The number of amides is 1. The van der Waals surface area contributed by atoms with E-state index in [4.69, 9.17) is 17.3 Å². The maximum absolute atomic E-state index is 13.2. The predicted octanol–water partition coefficient (Wildman–Crippen LogP) is 6.10. The first-order chi connectivity index (χ1) is 15.0. The average Bonchev–Trinajstić information content (AvgIpc) is 3.06. The van der Waals surface area contributed by atoms with Crippen LogP contribution in [0, 0.1) is 0 Å². The summed E-state index contributed by atoms with van der Waals surface area (Å²) in [6.07, 6.45) is 1.91. The molecule has 1 aliphatic rings. The van der Waals surface area contributed by atoms with E-state index in [9.17, 15) is 9.59 Å². The SMILES string of the molecule is O=C(O)c1ccc(N2C(=O)/C(=C\c3c4ccccc4cc4ccccc34)SC2=S)cc1. The van der Waals surface area contributed by atoms with E-state index in [0.717, 1.165) is 27.1 Å². The fourth-order valence-electron chi connectivity index (χ4n) is 3.78. The molecule has 6 heteroatoms. The van der Waals surface area contributed by atoms with Crippen molar-refractivity contribution in [1.82, 2.24) is 0 Å². The number of rotatable bonds is 3. The van der Waals surface area contributed by atoms with Crippen molar-refractivity contribution in [3.8, 4) is 0 Å². The molecule has 0 unspecified atom stereocenters. The third-order valence-electron chi connectivity index (χ3n) is 5.25. The van der Waals surface area contributed by atoms with Gasteiger partial charge in [-0.2, -0.15) is 0 Å². The first kappa shape index (κ1) is 19.5. The number of carbonyl (C=O) groups is 2. The molecule has 1 N–H and O–H groups in total. The smallest absolute Gasteiger partial charge is 0.335 e. The number of aromatic carboxylic acids is 1. The molecule has 4 nitrogen and oxygen atoms in total. The predicted molar refractivity (Wildman–Crippen MR) is 131 cm³/mol. The van der Waals surface area contributed by atoms with Gasteiger partial charge in [0.05, 0.1) is 16.2 Å². The highest BCUT2D eigenvalue weighted by Crippen LogP contribution is 2.38. The van der Waals surface area contributed by atoms with Crippen molar-refractivity contribution in [2.45, 2.75) is 0 Å². The Morgan fingerprint density at radius 1 is 0.903 bits per heavy atom. The molecule has 0 bridgehead atoms. The Morgan fingerprint density at radius 3 is 2.06 bits per heavy atom. The van der Waals surface area contributed by atoms with Gasteiger partial charge in [-0.3, -0.25) is 9.69 Å². The van der Waals surface area contributed by atoms with E-state index in [1.807, 2.05) is 30.3 Å². The van der Waals surface area contributed by atoms with Gasteiger partial charge < -0.3 is 5.11 Å². The minimum Gasteiger partial charge on any atom is -0.478 e. The van der Waals surface area contributed by atoms with Gasteiger partial charge in [-0.05, 0) is 63.5 Å². The summed E-state index contributed by atoms with van der Waals surface area (Å²) in [5.74, 6) is -1.23. The van der Waals surface area contributed by atoms with Crippen LogP contribution in [0.4, 0.5) is 5.69 Å². The van der Waals surface area contributed by atoms with Gasteiger partial charge in [0, 0.05) is 0 Å². The number of hydrogen-bond donors (Lipinski definition) is 1. The van der Waals surface area contributed by atoms with Crippen molar-refractivity contribution in [1.29, 1.82) is 0 Å². The molecule has 1 heterocycles. The second kappa shape index (κ2) is 7.65. The van der Waals surface area contributed by atoms with Crippen LogP contribution in [-0.2, 0) is 4.79 Å². The number of benzene rings is 4. The van der Waals surface area contributed by atoms with Gasteiger partial charge in [0.2, 0.25) is 0 Å². The average molecular weight is 442 g/mol. The van der Waals surface area contributed by atoms with Crippen molar-refractivity contribution in [2.24, 2.45) is 0 Å². The van der Waals surface area contributed by atoms with Crippen molar-refractivity contribution < 1.29 is 14.7 Å². The summed E-state index contributed by atoms with van der Waals surface area (Å²) in [5, 5.41) is 13.4. The number of fused-ring (bicyclic) bond motifs is 2. The van der Waals surface area contributed by atoms with Crippen LogP contribution in [0.2, 0.25) is 0 Å². The number of carbonyl (C=O) groups excluding carboxylic acids is 1. The van der Waals surface area contributed by atoms with Crippen molar-refractivity contribution >= 4 is 73.5 Å². The lowest BCUT2D eigenvalue weighted by molar-refractivity contribution is -0.113. The molecule has 31 heavy (non-hydrogen) atoms. The molecule has 1 fully saturated rings. The number of carboxylic acid groups (broad SMARTS) is 1. The van der Waals surface area contributed by atoms with Crippen LogP contribution >= 0.6 is 24.0 Å². The fraction of sp³-hybridized carbons (Fsp3) is 0. The van der Waals surface area contributed by atoms with Crippen molar-refractivity contribution in [3.05, 3.63) is 94.9 Å². The van der Waals surface area contributed by atoms with E-state index in [0.29, 0.717) is 14.9 Å². The third kappa shape index (κ3) is 3.40. The Morgan fingerprint density at radius 2 is 1.48 bits per heavy atom. The maximum Gasteiger partial charge on any atom is 0.335 e. The number of anilines is 1. The van der Waals surface area contributed by atoms with Gasteiger partial charge in [-0.25, -0.2) is 4.79 Å². The molecule has 0 aromatic heterocycles. The highest BCUT2D eigenvalue weighted by molar-refractivity contribution is 8.27. The van der Waals surface area contributed by atoms with Gasteiger partial charge >= 0.3 is 5.97 Å². The quantitative estimate of drug-likeness (QED) is 0.237. The lowest BCUT2D eigenvalue weighted by Gasteiger charge is -2.14. The molecule has 4 aromatic carbocycles. The second-order valence-corrected chi connectivity index (χ2v) is 8.78.